The van der Waals surface area contributed by atoms with Gasteiger partial charge in [-0.05, 0) is 44.2 Å². The molecule has 26 heavy (non-hydrogen) atoms. The molecule has 4 nitrogen and oxygen atoms in total. The Morgan fingerprint density at radius 2 is 1.69 bits per heavy atom. The number of benzene rings is 2. The van der Waals surface area contributed by atoms with Crippen molar-refractivity contribution in [3.8, 4) is 11.5 Å². The summed E-state index contributed by atoms with van der Waals surface area (Å²) in [4.78, 5) is 14.5. The fraction of sp³-hybridized carbons (Fsp3) is 0.350. The van der Waals surface area contributed by atoms with E-state index in [4.69, 9.17) is 9.47 Å². The first-order valence-corrected chi connectivity index (χ1v) is 10.3. The summed E-state index contributed by atoms with van der Waals surface area (Å²) in [6.07, 6.45) is 0. The molecular formula is C20H25NO3S2. The second-order valence-electron chi connectivity index (χ2n) is 5.73. The van der Waals surface area contributed by atoms with Crippen molar-refractivity contribution in [1.29, 1.82) is 0 Å². The van der Waals surface area contributed by atoms with Crippen LogP contribution in [0.3, 0.4) is 0 Å². The van der Waals surface area contributed by atoms with Gasteiger partial charge in [0.05, 0.1) is 19.5 Å². The zero-order valence-corrected chi connectivity index (χ0v) is 17.2. The molecule has 0 aromatic heterocycles. The number of carbonyl (C=O) groups excluding carboxylic acids is 1. The molecule has 2 aromatic carbocycles. The SMILES string of the molecule is COc1ccc(S[C@H](C)C(=O)NCCSc2ccc(C)cc2)cc1OC. The van der Waals surface area contributed by atoms with Crippen molar-refractivity contribution in [2.24, 2.45) is 0 Å². The number of amides is 1. The molecule has 2 rings (SSSR count). The van der Waals surface area contributed by atoms with Gasteiger partial charge in [-0.1, -0.05) is 17.7 Å². The van der Waals surface area contributed by atoms with Crippen LogP contribution in [0.15, 0.2) is 52.3 Å². The lowest BCUT2D eigenvalue weighted by atomic mass is 10.2. The number of ether oxygens (including phenoxy) is 2. The standard InChI is InChI=1S/C20H25NO3S2/c1-14-5-7-16(8-6-14)25-12-11-21-20(22)15(2)26-17-9-10-18(23-3)19(13-17)24-4/h5-10,13,15H,11-12H2,1-4H3,(H,21,22)/t15-/m1/s1. The molecule has 0 spiro atoms. The monoisotopic (exact) mass is 391 g/mol. The topological polar surface area (TPSA) is 47.6 Å². The van der Waals surface area contributed by atoms with Crippen LogP contribution < -0.4 is 14.8 Å². The molecule has 0 aliphatic carbocycles. The Balaban J connectivity index is 1.77. The summed E-state index contributed by atoms with van der Waals surface area (Å²) in [5.74, 6) is 2.23. The smallest absolute Gasteiger partial charge is 0.233 e. The van der Waals surface area contributed by atoms with Crippen LogP contribution in [0.2, 0.25) is 0 Å². The fourth-order valence-corrected chi connectivity index (χ4v) is 3.96. The summed E-state index contributed by atoms with van der Waals surface area (Å²) in [6.45, 7) is 4.63. The van der Waals surface area contributed by atoms with E-state index in [-0.39, 0.29) is 11.2 Å². The summed E-state index contributed by atoms with van der Waals surface area (Å²) in [7, 11) is 3.21. The Morgan fingerprint density at radius 1 is 1.04 bits per heavy atom. The largest absolute Gasteiger partial charge is 0.493 e. The second kappa shape index (κ2) is 10.4. The number of aryl methyl sites for hydroxylation is 1. The van der Waals surface area contributed by atoms with Crippen molar-refractivity contribution in [2.75, 3.05) is 26.5 Å². The van der Waals surface area contributed by atoms with E-state index < -0.39 is 0 Å². The highest BCUT2D eigenvalue weighted by atomic mass is 32.2. The summed E-state index contributed by atoms with van der Waals surface area (Å²) < 4.78 is 10.5. The van der Waals surface area contributed by atoms with E-state index in [9.17, 15) is 4.79 Å². The van der Waals surface area contributed by atoms with Crippen molar-refractivity contribution in [1.82, 2.24) is 5.32 Å². The average molecular weight is 392 g/mol. The summed E-state index contributed by atoms with van der Waals surface area (Å²) in [5, 5.41) is 2.82. The summed E-state index contributed by atoms with van der Waals surface area (Å²) >= 11 is 3.25. The molecule has 0 aliphatic heterocycles. The van der Waals surface area contributed by atoms with E-state index in [1.807, 2.05) is 25.1 Å². The minimum Gasteiger partial charge on any atom is -0.493 e. The third-order valence-electron chi connectivity index (χ3n) is 3.73. The van der Waals surface area contributed by atoms with Crippen molar-refractivity contribution in [3.05, 3.63) is 48.0 Å². The molecule has 0 unspecified atom stereocenters. The molecule has 1 amide bonds. The van der Waals surface area contributed by atoms with Crippen LogP contribution in [0, 0.1) is 6.92 Å². The first kappa shape index (κ1) is 20.5. The number of hydrogen-bond donors (Lipinski definition) is 1. The van der Waals surface area contributed by atoms with Gasteiger partial charge in [-0.25, -0.2) is 0 Å². The van der Waals surface area contributed by atoms with Gasteiger partial charge in [0.2, 0.25) is 5.91 Å². The maximum Gasteiger partial charge on any atom is 0.233 e. The van der Waals surface area contributed by atoms with Crippen LogP contribution in [0.25, 0.3) is 0 Å². The van der Waals surface area contributed by atoms with Crippen molar-refractivity contribution < 1.29 is 14.3 Å². The molecule has 6 heteroatoms. The Labute approximate surface area is 164 Å². The molecule has 0 bridgehead atoms. The van der Waals surface area contributed by atoms with Crippen LogP contribution in [-0.4, -0.2) is 37.7 Å². The van der Waals surface area contributed by atoms with Crippen LogP contribution >= 0.6 is 23.5 Å². The molecular weight excluding hydrogens is 366 g/mol. The summed E-state index contributed by atoms with van der Waals surface area (Å²) in [6, 6.07) is 14.1. The van der Waals surface area contributed by atoms with Gasteiger partial charge in [-0.3, -0.25) is 4.79 Å². The van der Waals surface area contributed by atoms with Gasteiger partial charge in [-0.2, -0.15) is 0 Å². The van der Waals surface area contributed by atoms with E-state index in [0.717, 1.165) is 10.6 Å². The molecule has 140 valence electrons. The number of carbonyl (C=O) groups is 1. The van der Waals surface area contributed by atoms with E-state index >= 15 is 0 Å². The Hall–Kier alpha value is -1.79. The van der Waals surface area contributed by atoms with Crippen LogP contribution in [0.5, 0.6) is 11.5 Å². The van der Waals surface area contributed by atoms with E-state index in [1.54, 1.807) is 26.0 Å². The van der Waals surface area contributed by atoms with Gasteiger partial charge in [0.1, 0.15) is 0 Å². The highest BCUT2D eigenvalue weighted by Crippen LogP contribution is 2.33. The number of nitrogens with one attached hydrogen (secondary N) is 1. The lowest BCUT2D eigenvalue weighted by Gasteiger charge is -2.14. The lowest BCUT2D eigenvalue weighted by molar-refractivity contribution is -0.120. The predicted octanol–water partition coefficient (Wildman–Crippen LogP) is 4.40. The van der Waals surface area contributed by atoms with Crippen LogP contribution in [0.1, 0.15) is 12.5 Å². The third-order valence-corrected chi connectivity index (χ3v) is 5.84. The number of thioether (sulfide) groups is 2. The molecule has 0 aliphatic rings. The predicted molar refractivity (Wildman–Crippen MR) is 110 cm³/mol. The molecule has 0 saturated carbocycles. The van der Waals surface area contributed by atoms with E-state index in [2.05, 4.69) is 36.5 Å². The van der Waals surface area contributed by atoms with Crippen LogP contribution in [0.4, 0.5) is 0 Å². The Kier molecular flexibility index (Phi) is 8.19. The second-order valence-corrected chi connectivity index (χ2v) is 8.31. The van der Waals surface area contributed by atoms with Gasteiger partial charge in [0, 0.05) is 22.1 Å². The van der Waals surface area contributed by atoms with Crippen LogP contribution in [-0.2, 0) is 4.79 Å². The quantitative estimate of drug-likeness (QED) is 0.507. The zero-order valence-electron chi connectivity index (χ0n) is 15.6. The first-order valence-electron chi connectivity index (χ1n) is 8.39. The average Bonchev–Trinajstić information content (AvgIpc) is 2.66. The van der Waals surface area contributed by atoms with Gasteiger partial charge >= 0.3 is 0 Å². The fourth-order valence-electron chi connectivity index (χ4n) is 2.27. The molecule has 1 N–H and O–H groups in total. The Bertz CT molecular complexity index is 719. The molecule has 0 fully saturated rings. The first-order chi connectivity index (χ1) is 12.5. The number of methoxy groups -OCH3 is 2. The Morgan fingerprint density at radius 3 is 2.35 bits per heavy atom. The van der Waals surface area contributed by atoms with Gasteiger partial charge in [0.25, 0.3) is 0 Å². The lowest BCUT2D eigenvalue weighted by Crippen LogP contribution is -2.32. The zero-order chi connectivity index (χ0) is 18.9. The highest BCUT2D eigenvalue weighted by Gasteiger charge is 2.15. The maximum absolute atomic E-state index is 12.3. The minimum atomic E-state index is -0.183. The van der Waals surface area contributed by atoms with Gasteiger partial charge < -0.3 is 14.8 Å². The summed E-state index contributed by atoms with van der Waals surface area (Å²) in [5.41, 5.74) is 1.25. The number of hydrogen-bond acceptors (Lipinski definition) is 5. The maximum atomic E-state index is 12.3. The molecule has 1 atom stereocenters. The van der Waals surface area contributed by atoms with Crippen molar-refractivity contribution in [2.45, 2.75) is 28.9 Å². The molecule has 2 aromatic rings. The normalized spacial score (nSPS) is 11.7. The molecule has 0 saturated heterocycles. The van der Waals surface area contributed by atoms with E-state index in [0.29, 0.717) is 18.0 Å². The van der Waals surface area contributed by atoms with Crippen molar-refractivity contribution in [3.63, 3.8) is 0 Å². The third kappa shape index (κ3) is 6.18. The van der Waals surface area contributed by atoms with Crippen molar-refractivity contribution >= 4 is 29.4 Å². The van der Waals surface area contributed by atoms with Gasteiger partial charge in [-0.15, -0.1) is 23.5 Å². The number of rotatable bonds is 9. The van der Waals surface area contributed by atoms with Gasteiger partial charge in [0.15, 0.2) is 11.5 Å². The minimum absolute atomic E-state index is 0.0364. The van der Waals surface area contributed by atoms with E-state index in [1.165, 1.54) is 22.2 Å². The molecule has 0 radical (unpaired) electrons. The molecule has 0 heterocycles. The highest BCUT2D eigenvalue weighted by molar-refractivity contribution is 8.00.